The zero-order chi connectivity index (χ0) is 31.6. The zero-order valence-electron chi connectivity index (χ0n) is 23.7. The van der Waals surface area contributed by atoms with Gasteiger partial charge in [-0.1, -0.05) is 88.2 Å². The van der Waals surface area contributed by atoms with Gasteiger partial charge in [-0.3, -0.25) is 14.4 Å². The van der Waals surface area contributed by atoms with E-state index < -0.39 is 17.1 Å². The quantitative estimate of drug-likeness (QED) is 0.101. The van der Waals surface area contributed by atoms with Crippen LogP contribution in [0.3, 0.4) is 0 Å². The highest BCUT2D eigenvalue weighted by molar-refractivity contribution is 9.10. The molecule has 0 bridgehead atoms. The molecule has 0 aliphatic heterocycles. The largest absolute Gasteiger partial charge is 0.325 e. The minimum Gasteiger partial charge on any atom is -0.325 e. The first kappa shape index (κ1) is 31.8. The number of anilines is 2. The van der Waals surface area contributed by atoms with Crippen LogP contribution >= 0.6 is 39.3 Å². The van der Waals surface area contributed by atoms with E-state index in [0.717, 1.165) is 20.5 Å². The van der Waals surface area contributed by atoms with E-state index in [1.165, 1.54) is 11.8 Å². The number of carbonyl (C=O) groups excluding carboxylic acids is 3. The van der Waals surface area contributed by atoms with Crippen molar-refractivity contribution in [3.05, 3.63) is 165 Å². The zero-order valence-corrected chi connectivity index (χ0v) is 26.9. The molecule has 3 N–H and O–H groups in total. The van der Waals surface area contributed by atoms with E-state index in [1.54, 1.807) is 66.7 Å². The Hall–Kier alpha value is -4.63. The molecule has 6 nitrogen and oxygen atoms in total. The number of hydrogen-bond donors (Lipinski definition) is 3. The second-order valence-corrected chi connectivity index (χ2v) is 12.3. The Morgan fingerprint density at radius 2 is 1.33 bits per heavy atom. The van der Waals surface area contributed by atoms with Gasteiger partial charge in [0, 0.05) is 31.3 Å². The molecule has 5 rings (SSSR count). The van der Waals surface area contributed by atoms with Gasteiger partial charge in [0.1, 0.15) is 10.9 Å². The molecular weight excluding hydrogens is 670 g/mol. The summed E-state index contributed by atoms with van der Waals surface area (Å²) >= 11 is 10.8. The third-order valence-corrected chi connectivity index (χ3v) is 8.52. The summed E-state index contributed by atoms with van der Waals surface area (Å²) in [6, 6.07) is 39.8. The van der Waals surface area contributed by atoms with Crippen LogP contribution < -0.4 is 16.0 Å². The Morgan fingerprint density at radius 1 is 0.711 bits per heavy atom. The number of carbonyl (C=O) groups is 3. The number of hydrogen-bond acceptors (Lipinski definition) is 4. The van der Waals surface area contributed by atoms with Gasteiger partial charge in [-0.25, -0.2) is 0 Å². The molecule has 1 unspecified atom stereocenters. The van der Waals surface area contributed by atoms with Crippen LogP contribution in [-0.4, -0.2) is 17.7 Å². The summed E-state index contributed by atoms with van der Waals surface area (Å²) in [5, 5.41) is 8.65. The van der Waals surface area contributed by atoms with Gasteiger partial charge < -0.3 is 16.0 Å². The molecule has 0 aliphatic rings. The molecule has 5 aromatic carbocycles. The van der Waals surface area contributed by atoms with Crippen LogP contribution in [0, 0.1) is 0 Å². The van der Waals surface area contributed by atoms with E-state index in [1.807, 2.05) is 72.8 Å². The molecule has 0 heterocycles. The highest BCUT2D eigenvalue weighted by Crippen LogP contribution is 2.37. The normalized spacial score (nSPS) is 11.7. The predicted molar refractivity (Wildman–Crippen MR) is 186 cm³/mol. The number of rotatable bonds is 10. The SMILES string of the molecule is O=C(Nc1ccc(SC(C(=O)Nc2ccc(Cl)cc2)c2ccccc2)cc1)/C(=C/c1cccc(Br)c1)NC(=O)c1ccccc1. The molecule has 3 amide bonds. The lowest BCUT2D eigenvalue weighted by atomic mass is 10.1. The first-order valence-corrected chi connectivity index (χ1v) is 15.9. The molecule has 1 atom stereocenters. The van der Waals surface area contributed by atoms with Crippen LogP contribution in [0.2, 0.25) is 5.02 Å². The van der Waals surface area contributed by atoms with Crippen LogP contribution in [0.1, 0.15) is 26.7 Å². The Morgan fingerprint density at radius 3 is 2.00 bits per heavy atom. The van der Waals surface area contributed by atoms with Crippen molar-refractivity contribution in [2.45, 2.75) is 10.1 Å². The van der Waals surface area contributed by atoms with Crippen LogP contribution in [0.15, 0.2) is 149 Å². The van der Waals surface area contributed by atoms with Gasteiger partial charge in [-0.15, -0.1) is 11.8 Å². The number of nitrogens with one attached hydrogen (secondary N) is 3. The van der Waals surface area contributed by atoms with Crippen LogP contribution in [0.4, 0.5) is 11.4 Å². The lowest BCUT2D eigenvalue weighted by Crippen LogP contribution is -2.30. The lowest BCUT2D eigenvalue weighted by Gasteiger charge is -2.17. The summed E-state index contributed by atoms with van der Waals surface area (Å²) in [5.41, 5.74) is 3.28. The van der Waals surface area contributed by atoms with Crippen molar-refractivity contribution in [3.8, 4) is 0 Å². The second kappa shape index (κ2) is 15.4. The van der Waals surface area contributed by atoms with Crippen molar-refractivity contribution in [3.63, 3.8) is 0 Å². The summed E-state index contributed by atoms with van der Waals surface area (Å²) in [4.78, 5) is 40.6. The molecule has 0 aromatic heterocycles. The van der Waals surface area contributed by atoms with E-state index in [2.05, 4.69) is 31.9 Å². The second-order valence-electron chi connectivity index (χ2n) is 9.82. The topological polar surface area (TPSA) is 87.3 Å². The van der Waals surface area contributed by atoms with Gasteiger partial charge in [0.2, 0.25) is 5.91 Å². The van der Waals surface area contributed by atoms with Gasteiger partial charge in [0.15, 0.2) is 0 Å². The van der Waals surface area contributed by atoms with Gasteiger partial charge in [0.25, 0.3) is 11.8 Å². The fraction of sp³-hybridized carbons (Fsp3) is 0.0278. The first-order valence-electron chi connectivity index (χ1n) is 13.9. The fourth-order valence-electron chi connectivity index (χ4n) is 4.30. The number of amides is 3. The van der Waals surface area contributed by atoms with E-state index in [9.17, 15) is 14.4 Å². The molecule has 0 spiro atoms. The van der Waals surface area contributed by atoms with Gasteiger partial charge in [-0.05, 0) is 90.0 Å². The molecule has 5 aromatic rings. The van der Waals surface area contributed by atoms with Crippen LogP contribution in [0.25, 0.3) is 6.08 Å². The van der Waals surface area contributed by atoms with Crippen LogP contribution in [0.5, 0.6) is 0 Å². The maximum Gasteiger partial charge on any atom is 0.272 e. The van der Waals surface area contributed by atoms with Crippen molar-refractivity contribution < 1.29 is 14.4 Å². The average molecular weight is 697 g/mol. The Labute approximate surface area is 279 Å². The Balaban J connectivity index is 1.32. The smallest absolute Gasteiger partial charge is 0.272 e. The lowest BCUT2D eigenvalue weighted by molar-refractivity contribution is -0.116. The molecule has 0 saturated heterocycles. The van der Waals surface area contributed by atoms with Crippen molar-refractivity contribution in [1.29, 1.82) is 0 Å². The van der Waals surface area contributed by atoms with E-state index in [4.69, 9.17) is 11.6 Å². The predicted octanol–water partition coefficient (Wildman–Crippen LogP) is 8.98. The molecule has 0 fully saturated rings. The van der Waals surface area contributed by atoms with E-state index in [-0.39, 0.29) is 11.6 Å². The van der Waals surface area contributed by atoms with Gasteiger partial charge in [0.05, 0.1) is 0 Å². The Kier molecular flexibility index (Phi) is 10.9. The summed E-state index contributed by atoms with van der Waals surface area (Å²) in [6.45, 7) is 0. The van der Waals surface area contributed by atoms with Crippen molar-refractivity contribution in [2.75, 3.05) is 10.6 Å². The molecular formula is C36H27BrClN3O3S. The first-order chi connectivity index (χ1) is 21.8. The van der Waals surface area contributed by atoms with Gasteiger partial charge >= 0.3 is 0 Å². The molecule has 224 valence electrons. The number of benzene rings is 5. The third-order valence-electron chi connectivity index (χ3n) is 6.51. The standard InChI is InChI=1S/C36H27BrClN3O3S/c37-27-13-7-8-24(22-27)23-32(41-34(42)26-11-5-2-6-12-26)35(43)39-30-18-20-31(21-19-30)45-33(25-9-3-1-4-10-25)36(44)40-29-16-14-28(38)15-17-29/h1-23,33H,(H,39,43)(H,40,44)(H,41,42)/b32-23-. The molecule has 0 radical (unpaired) electrons. The summed E-state index contributed by atoms with van der Waals surface area (Å²) in [5.74, 6) is -1.06. The number of halogens is 2. The maximum atomic E-state index is 13.4. The average Bonchev–Trinajstić information content (AvgIpc) is 3.06. The van der Waals surface area contributed by atoms with Crippen molar-refractivity contribution in [1.82, 2.24) is 5.32 Å². The molecule has 0 aliphatic carbocycles. The summed E-state index contributed by atoms with van der Waals surface area (Å²) in [6.07, 6.45) is 1.62. The highest BCUT2D eigenvalue weighted by Gasteiger charge is 2.22. The maximum absolute atomic E-state index is 13.4. The van der Waals surface area contributed by atoms with E-state index in [0.29, 0.717) is 22.0 Å². The monoisotopic (exact) mass is 695 g/mol. The van der Waals surface area contributed by atoms with Crippen molar-refractivity contribution >= 4 is 74.5 Å². The molecule has 9 heteroatoms. The minimum atomic E-state index is -0.532. The highest BCUT2D eigenvalue weighted by atomic mass is 79.9. The minimum absolute atomic E-state index is 0.0865. The molecule has 45 heavy (non-hydrogen) atoms. The summed E-state index contributed by atoms with van der Waals surface area (Å²) < 4.78 is 0.842. The summed E-state index contributed by atoms with van der Waals surface area (Å²) in [7, 11) is 0. The third kappa shape index (κ3) is 9.18. The Bertz CT molecular complexity index is 1820. The van der Waals surface area contributed by atoms with Crippen LogP contribution in [-0.2, 0) is 9.59 Å². The van der Waals surface area contributed by atoms with E-state index >= 15 is 0 Å². The molecule has 0 saturated carbocycles. The van der Waals surface area contributed by atoms with Gasteiger partial charge in [-0.2, -0.15) is 0 Å². The fourth-order valence-corrected chi connectivity index (χ4v) is 5.87. The number of thioether (sulfide) groups is 1. The van der Waals surface area contributed by atoms with Crippen molar-refractivity contribution in [2.24, 2.45) is 0 Å².